The summed E-state index contributed by atoms with van der Waals surface area (Å²) in [6.45, 7) is 3.23. The van der Waals surface area contributed by atoms with Gasteiger partial charge < -0.3 is 15.5 Å². The van der Waals surface area contributed by atoms with Crippen molar-refractivity contribution in [3.8, 4) is 0 Å². The molecule has 1 aliphatic rings. The van der Waals surface area contributed by atoms with Gasteiger partial charge in [-0.3, -0.25) is 19.3 Å². The second-order valence-electron chi connectivity index (χ2n) is 6.58. The summed E-state index contributed by atoms with van der Waals surface area (Å²) < 4.78 is 0. The molecule has 0 aliphatic carbocycles. The number of hydrogen-bond acceptors (Lipinski definition) is 5. The lowest BCUT2D eigenvalue weighted by atomic mass is 10.2. The third kappa shape index (κ3) is 5.90. The van der Waals surface area contributed by atoms with Crippen molar-refractivity contribution in [2.75, 3.05) is 39.3 Å². The first-order valence-electron chi connectivity index (χ1n) is 9.24. The maximum Gasteiger partial charge on any atom is 0.261 e. The summed E-state index contributed by atoms with van der Waals surface area (Å²) >= 11 is 1.35. The number of carbonyl (C=O) groups is 3. The van der Waals surface area contributed by atoms with E-state index >= 15 is 0 Å². The van der Waals surface area contributed by atoms with Gasteiger partial charge in [0.15, 0.2) is 0 Å². The van der Waals surface area contributed by atoms with Crippen molar-refractivity contribution < 1.29 is 14.4 Å². The van der Waals surface area contributed by atoms with Crippen LogP contribution < -0.4 is 10.6 Å². The van der Waals surface area contributed by atoms with E-state index in [9.17, 15) is 14.4 Å². The number of hydrogen-bond donors (Lipinski definition) is 2. The summed E-state index contributed by atoms with van der Waals surface area (Å²) in [5.74, 6) is -0.345. The van der Waals surface area contributed by atoms with Crippen molar-refractivity contribution in [2.45, 2.75) is 6.54 Å². The van der Waals surface area contributed by atoms with Gasteiger partial charge in [0.25, 0.3) is 5.91 Å². The van der Waals surface area contributed by atoms with E-state index in [2.05, 4.69) is 10.6 Å². The maximum atomic E-state index is 12.3. The summed E-state index contributed by atoms with van der Waals surface area (Å²) in [6.07, 6.45) is 0. The summed E-state index contributed by atoms with van der Waals surface area (Å²) in [6, 6.07) is 13.3. The second kappa shape index (κ2) is 10.0. The highest BCUT2D eigenvalue weighted by Crippen LogP contribution is 2.08. The predicted octanol–water partition coefficient (Wildman–Crippen LogP) is 0.939. The quantitative estimate of drug-likeness (QED) is 0.725. The van der Waals surface area contributed by atoms with E-state index in [4.69, 9.17) is 0 Å². The van der Waals surface area contributed by atoms with E-state index in [0.29, 0.717) is 44.1 Å². The average molecular weight is 401 g/mol. The van der Waals surface area contributed by atoms with Gasteiger partial charge >= 0.3 is 0 Å². The number of carbonyl (C=O) groups excluding carboxylic acids is 3. The van der Waals surface area contributed by atoms with Crippen molar-refractivity contribution >= 4 is 29.1 Å². The summed E-state index contributed by atoms with van der Waals surface area (Å²) in [5, 5.41) is 7.40. The molecule has 0 atom stereocenters. The van der Waals surface area contributed by atoms with Crippen LogP contribution in [0.3, 0.4) is 0 Å². The van der Waals surface area contributed by atoms with Crippen LogP contribution in [0.2, 0.25) is 0 Å². The number of amides is 3. The Balaban J connectivity index is 1.34. The molecular weight excluding hydrogens is 376 g/mol. The molecule has 0 unspecified atom stereocenters. The first-order valence-corrected chi connectivity index (χ1v) is 10.1. The number of benzene rings is 1. The van der Waals surface area contributed by atoms with Crippen molar-refractivity contribution in [1.29, 1.82) is 0 Å². The first kappa shape index (κ1) is 20.0. The molecule has 3 rings (SSSR count). The molecule has 7 nitrogen and oxygen atoms in total. The van der Waals surface area contributed by atoms with Gasteiger partial charge in [-0.05, 0) is 17.0 Å². The SMILES string of the molecule is O=C(CN1CCN(C(=O)CNC(=O)c2cccs2)CC1)NCc1ccccc1. The van der Waals surface area contributed by atoms with Crippen LogP contribution in [0.4, 0.5) is 0 Å². The minimum atomic E-state index is -0.225. The van der Waals surface area contributed by atoms with Gasteiger partial charge in [0.1, 0.15) is 0 Å². The molecule has 1 fully saturated rings. The fourth-order valence-electron chi connectivity index (χ4n) is 2.97. The Kier molecular flexibility index (Phi) is 7.16. The molecule has 0 spiro atoms. The van der Waals surface area contributed by atoms with Crippen LogP contribution in [0.25, 0.3) is 0 Å². The fourth-order valence-corrected chi connectivity index (χ4v) is 3.61. The lowest BCUT2D eigenvalue weighted by Crippen LogP contribution is -2.52. The van der Waals surface area contributed by atoms with Crippen molar-refractivity contribution in [3.05, 3.63) is 58.3 Å². The smallest absolute Gasteiger partial charge is 0.261 e. The third-order valence-electron chi connectivity index (χ3n) is 4.57. The number of rotatable bonds is 7. The number of nitrogens with zero attached hydrogens (tertiary/aromatic N) is 2. The topological polar surface area (TPSA) is 81.8 Å². The molecule has 148 valence electrons. The van der Waals surface area contributed by atoms with E-state index < -0.39 is 0 Å². The second-order valence-corrected chi connectivity index (χ2v) is 7.53. The number of thiophene rings is 1. The minimum Gasteiger partial charge on any atom is -0.351 e. The molecular formula is C20H24N4O3S. The molecule has 0 bridgehead atoms. The van der Waals surface area contributed by atoms with E-state index in [0.717, 1.165) is 5.56 Å². The lowest BCUT2D eigenvalue weighted by Gasteiger charge is -2.34. The van der Waals surface area contributed by atoms with Crippen molar-refractivity contribution in [3.63, 3.8) is 0 Å². The zero-order valence-corrected chi connectivity index (χ0v) is 16.4. The Hall–Kier alpha value is -2.71. The standard InChI is InChI=1S/C20H24N4O3S/c25-18(21-13-16-5-2-1-3-6-16)15-23-8-10-24(11-9-23)19(26)14-22-20(27)17-7-4-12-28-17/h1-7,12H,8-11,13-15H2,(H,21,25)(H,22,27). The van der Waals surface area contributed by atoms with E-state index in [1.54, 1.807) is 17.0 Å². The summed E-state index contributed by atoms with van der Waals surface area (Å²) in [4.78, 5) is 40.7. The van der Waals surface area contributed by atoms with Crippen LogP contribution in [-0.2, 0) is 16.1 Å². The molecule has 28 heavy (non-hydrogen) atoms. The van der Waals surface area contributed by atoms with E-state index in [1.165, 1.54) is 11.3 Å². The van der Waals surface area contributed by atoms with Crippen LogP contribution >= 0.6 is 11.3 Å². The highest BCUT2D eigenvalue weighted by atomic mass is 32.1. The molecule has 1 aromatic carbocycles. The van der Waals surface area contributed by atoms with E-state index in [-0.39, 0.29) is 24.3 Å². The Morgan fingerprint density at radius 2 is 1.68 bits per heavy atom. The van der Waals surface area contributed by atoms with Gasteiger partial charge in [0.2, 0.25) is 11.8 Å². The molecule has 0 radical (unpaired) electrons. The number of nitrogens with one attached hydrogen (secondary N) is 2. The normalized spacial score (nSPS) is 14.5. The largest absolute Gasteiger partial charge is 0.351 e. The number of piperazine rings is 1. The molecule has 0 saturated carbocycles. The fraction of sp³-hybridized carbons (Fsp3) is 0.350. The highest BCUT2D eigenvalue weighted by Gasteiger charge is 2.22. The van der Waals surface area contributed by atoms with Gasteiger partial charge in [-0.2, -0.15) is 0 Å². The molecule has 8 heteroatoms. The zero-order chi connectivity index (χ0) is 19.8. The molecule has 1 aromatic heterocycles. The summed E-state index contributed by atoms with van der Waals surface area (Å²) in [7, 11) is 0. The van der Waals surface area contributed by atoms with Gasteiger partial charge in [0, 0.05) is 32.7 Å². The summed E-state index contributed by atoms with van der Waals surface area (Å²) in [5.41, 5.74) is 1.07. The van der Waals surface area contributed by atoms with Gasteiger partial charge in [-0.25, -0.2) is 0 Å². The Morgan fingerprint density at radius 1 is 0.929 bits per heavy atom. The highest BCUT2D eigenvalue weighted by molar-refractivity contribution is 7.12. The first-order chi connectivity index (χ1) is 13.6. The molecule has 2 N–H and O–H groups in total. The molecule has 2 aromatic rings. The van der Waals surface area contributed by atoms with Crippen LogP contribution in [0.5, 0.6) is 0 Å². The molecule has 3 amide bonds. The average Bonchev–Trinajstić information content (AvgIpc) is 3.26. The molecule has 2 heterocycles. The van der Waals surface area contributed by atoms with Crippen molar-refractivity contribution in [1.82, 2.24) is 20.4 Å². The van der Waals surface area contributed by atoms with Gasteiger partial charge in [0.05, 0.1) is 18.0 Å². The van der Waals surface area contributed by atoms with Crippen LogP contribution in [-0.4, -0.2) is 66.8 Å². The van der Waals surface area contributed by atoms with Crippen molar-refractivity contribution in [2.24, 2.45) is 0 Å². The Morgan fingerprint density at radius 3 is 2.36 bits per heavy atom. The van der Waals surface area contributed by atoms with Crippen LogP contribution in [0, 0.1) is 0 Å². The molecule has 1 saturated heterocycles. The Labute approximate surface area is 168 Å². The third-order valence-corrected chi connectivity index (χ3v) is 5.44. The maximum absolute atomic E-state index is 12.3. The van der Waals surface area contributed by atoms with Gasteiger partial charge in [-0.1, -0.05) is 36.4 Å². The minimum absolute atomic E-state index is 0.00566. The van der Waals surface area contributed by atoms with Crippen LogP contribution in [0.15, 0.2) is 47.8 Å². The Bertz CT molecular complexity index is 787. The predicted molar refractivity (Wildman–Crippen MR) is 108 cm³/mol. The van der Waals surface area contributed by atoms with Crippen LogP contribution in [0.1, 0.15) is 15.2 Å². The monoisotopic (exact) mass is 400 g/mol. The zero-order valence-electron chi connectivity index (χ0n) is 15.6. The van der Waals surface area contributed by atoms with Gasteiger partial charge in [-0.15, -0.1) is 11.3 Å². The lowest BCUT2D eigenvalue weighted by molar-refractivity contribution is -0.132. The molecule has 1 aliphatic heterocycles. The van der Waals surface area contributed by atoms with E-state index in [1.807, 2.05) is 40.6 Å².